The lowest BCUT2D eigenvalue weighted by Gasteiger charge is -2.72. The number of carbonyl (C=O) groups is 4. The van der Waals surface area contributed by atoms with Gasteiger partial charge in [-0.2, -0.15) is 0 Å². The third-order valence-electron chi connectivity index (χ3n) is 29.8. The summed E-state index contributed by atoms with van der Waals surface area (Å²) >= 11 is 0. The SMILES string of the molecule is CC(C)[C@@H]1CC[C@]2(COC3CCCCO3)CC[C@]3(C)[C@H](CC[C@@H]4[C@@]5(C)C=C(C=O)C(=O)C(C)(C)[C@@H]5CC[C@]43C)[C@@H]12.CC(C)[C@@H]1CC[C@]2(COC3CCCCO3)CC[C@]3(C)[C@H](CC[C@@H]4[C@@]5(C)CC(C=O)C(=O)C(C)(C)[C@@H]5CC[C@]43C)[C@@H]12. The number of aldehydes is 2. The maximum absolute atomic E-state index is 13.4. The molecule has 450 valence electrons. The average Bonchev–Trinajstić information content (AvgIpc) is 3.17. The summed E-state index contributed by atoms with van der Waals surface area (Å²) in [6.45, 7) is 37.4. The van der Waals surface area contributed by atoms with E-state index in [0.29, 0.717) is 63.7 Å². The number of hydrogen-bond acceptors (Lipinski definition) is 8. The Balaban J connectivity index is 0.000000169. The van der Waals surface area contributed by atoms with Gasteiger partial charge in [-0.05, 0) is 262 Å². The van der Waals surface area contributed by atoms with Crippen molar-refractivity contribution in [2.45, 2.75) is 257 Å². The Labute approximate surface area is 486 Å². The first kappa shape index (κ1) is 60.0. The molecule has 0 aromatic heterocycles. The average molecular weight is 1110 g/mol. The zero-order chi connectivity index (χ0) is 57.4. The maximum atomic E-state index is 13.4. The van der Waals surface area contributed by atoms with Crippen molar-refractivity contribution >= 4 is 24.1 Å². The number of carbonyl (C=O) groups excluding carboxylic acids is 4. The first-order chi connectivity index (χ1) is 37.7. The van der Waals surface area contributed by atoms with Gasteiger partial charge >= 0.3 is 0 Å². The predicted octanol–water partition coefficient (Wildman–Crippen LogP) is 16.4. The highest BCUT2D eigenvalue weighted by molar-refractivity contribution is 6.15. The van der Waals surface area contributed by atoms with E-state index in [9.17, 15) is 19.2 Å². The molecule has 3 unspecified atom stereocenters. The van der Waals surface area contributed by atoms with Gasteiger partial charge in [0.2, 0.25) is 0 Å². The fourth-order valence-electron chi connectivity index (χ4n) is 25.6. The number of ether oxygens (including phenoxy) is 4. The minimum Gasteiger partial charge on any atom is -0.353 e. The van der Waals surface area contributed by atoms with Crippen LogP contribution in [0.15, 0.2) is 11.6 Å². The summed E-state index contributed by atoms with van der Waals surface area (Å²) < 4.78 is 25.4. The molecule has 8 heteroatoms. The second-order valence-electron chi connectivity index (χ2n) is 33.9. The van der Waals surface area contributed by atoms with Gasteiger partial charge < -0.3 is 23.7 Å². The number of fused-ring (bicyclic) bond motifs is 14. The van der Waals surface area contributed by atoms with Crippen LogP contribution in [0.3, 0.4) is 0 Å². The van der Waals surface area contributed by atoms with Crippen LogP contribution < -0.4 is 0 Å². The largest absolute Gasteiger partial charge is 0.353 e. The summed E-state index contributed by atoms with van der Waals surface area (Å²) in [5.74, 6) is 7.41. The molecule has 80 heavy (non-hydrogen) atoms. The molecule has 2 aliphatic heterocycles. The zero-order valence-electron chi connectivity index (χ0n) is 53.3. The number of allylic oxidation sites excluding steroid dienone is 2. The van der Waals surface area contributed by atoms with Gasteiger partial charge in [-0.1, -0.05) is 103 Å². The van der Waals surface area contributed by atoms with E-state index in [1.807, 2.05) is 0 Å². The molecule has 2 saturated heterocycles. The summed E-state index contributed by atoms with van der Waals surface area (Å²) in [6.07, 6.45) is 31.7. The Morgan fingerprint density at radius 1 is 0.525 bits per heavy atom. The highest BCUT2D eigenvalue weighted by atomic mass is 16.7. The Morgan fingerprint density at radius 3 is 1.48 bits per heavy atom. The summed E-state index contributed by atoms with van der Waals surface area (Å²) in [7, 11) is 0. The minimum atomic E-state index is -0.479. The Kier molecular flexibility index (Phi) is 15.7. The molecule has 0 N–H and O–H groups in total. The van der Waals surface area contributed by atoms with Gasteiger partial charge in [0.25, 0.3) is 0 Å². The van der Waals surface area contributed by atoms with E-state index in [0.717, 1.165) is 101 Å². The number of hydrogen-bond donors (Lipinski definition) is 0. The van der Waals surface area contributed by atoms with Crippen molar-refractivity contribution in [3.05, 3.63) is 11.6 Å². The highest BCUT2D eigenvalue weighted by Crippen LogP contribution is 2.80. The van der Waals surface area contributed by atoms with E-state index in [4.69, 9.17) is 18.9 Å². The van der Waals surface area contributed by atoms with Crippen LogP contribution in [-0.2, 0) is 38.1 Å². The highest BCUT2D eigenvalue weighted by Gasteiger charge is 2.74. The third-order valence-corrected chi connectivity index (χ3v) is 29.8. The molecule has 0 aromatic carbocycles. The lowest BCUT2D eigenvalue weighted by Crippen LogP contribution is -2.67. The standard InChI is InChI=1S/C36H58O4.C36H56O4/c2*1-23(2)25-13-16-36(22-40-29-10-8-9-19-39-29)18-17-34(6)26(30(25)36)11-12-28-33(5)20-24(21-37)31(38)32(3,4)27(33)14-15-35(28,34)7/h21,23-30H,8-20,22H2,1-7H3;20-21,23,25-30H,8-19,22H2,1-7H3/t24?,25-,26+,27-,28+,29?,30+,33-,34+,35+,36+;25-,26+,27-,28+,29?,30+,33-,34+,35+,36+/m00/s1. The van der Waals surface area contributed by atoms with Crippen LogP contribution in [0.5, 0.6) is 0 Å². The normalized spacial score (nSPS) is 50.9. The molecule has 0 bridgehead atoms. The Morgan fingerprint density at radius 2 is 1.01 bits per heavy atom. The molecular weight excluding hydrogens is 993 g/mol. The van der Waals surface area contributed by atoms with Crippen molar-refractivity contribution in [1.29, 1.82) is 0 Å². The van der Waals surface area contributed by atoms with Crippen LogP contribution in [-0.4, -0.2) is 63.1 Å². The lowest BCUT2D eigenvalue weighted by molar-refractivity contribution is -0.249. The topological polar surface area (TPSA) is 105 Å². The van der Waals surface area contributed by atoms with Crippen LogP contribution in [0.1, 0.15) is 245 Å². The van der Waals surface area contributed by atoms with Crippen molar-refractivity contribution in [2.24, 2.45) is 131 Å². The summed E-state index contributed by atoms with van der Waals surface area (Å²) in [5, 5.41) is 0. The third kappa shape index (κ3) is 8.74. The van der Waals surface area contributed by atoms with Crippen LogP contribution >= 0.6 is 0 Å². The molecule has 2 heterocycles. The monoisotopic (exact) mass is 1110 g/mol. The van der Waals surface area contributed by atoms with E-state index in [1.165, 1.54) is 109 Å². The smallest absolute Gasteiger partial charge is 0.171 e. The van der Waals surface area contributed by atoms with E-state index in [-0.39, 0.29) is 56.6 Å². The second kappa shape index (κ2) is 21.0. The van der Waals surface area contributed by atoms with Crippen LogP contribution in [0, 0.1) is 131 Å². The van der Waals surface area contributed by atoms with Crippen LogP contribution in [0.4, 0.5) is 0 Å². The van der Waals surface area contributed by atoms with Crippen molar-refractivity contribution in [1.82, 2.24) is 0 Å². The molecule has 0 spiro atoms. The van der Waals surface area contributed by atoms with E-state index in [2.05, 4.69) is 103 Å². The molecule has 8 nitrogen and oxygen atoms in total. The van der Waals surface area contributed by atoms with E-state index >= 15 is 0 Å². The minimum absolute atomic E-state index is 0.00166. The summed E-state index contributed by atoms with van der Waals surface area (Å²) in [5.41, 5.74) is 1.06. The molecule has 0 amide bonds. The molecule has 21 atom stereocenters. The summed E-state index contributed by atoms with van der Waals surface area (Å²) in [4.78, 5) is 51.0. The van der Waals surface area contributed by atoms with Crippen molar-refractivity contribution in [3.63, 3.8) is 0 Å². The van der Waals surface area contributed by atoms with Crippen molar-refractivity contribution < 1.29 is 38.1 Å². The van der Waals surface area contributed by atoms with Gasteiger partial charge in [0.15, 0.2) is 24.6 Å². The lowest BCUT2D eigenvalue weighted by atomic mass is 9.32. The van der Waals surface area contributed by atoms with Gasteiger partial charge in [0.05, 0.1) is 24.7 Å². The van der Waals surface area contributed by atoms with Gasteiger partial charge in [-0.25, -0.2) is 0 Å². The zero-order valence-corrected chi connectivity index (χ0v) is 53.3. The predicted molar refractivity (Wildman–Crippen MR) is 317 cm³/mol. The van der Waals surface area contributed by atoms with Crippen molar-refractivity contribution in [2.75, 3.05) is 26.4 Å². The van der Waals surface area contributed by atoms with E-state index in [1.54, 1.807) is 0 Å². The number of ketones is 2. The number of rotatable bonds is 10. The molecular formula is C72H114O8. The van der Waals surface area contributed by atoms with Gasteiger partial charge in [0, 0.05) is 24.0 Å². The molecule has 10 aliphatic carbocycles. The first-order valence-electron chi connectivity index (χ1n) is 33.9. The molecule has 0 aromatic rings. The maximum Gasteiger partial charge on any atom is 0.171 e. The fourth-order valence-corrected chi connectivity index (χ4v) is 25.6. The van der Waals surface area contributed by atoms with Gasteiger partial charge in [-0.15, -0.1) is 0 Å². The first-order valence-corrected chi connectivity index (χ1v) is 33.9. The van der Waals surface area contributed by atoms with Gasteiger partial charge in [-0.3, -0.25) is 14.4 Å². The summed E-state index contributed by atoms with van der Waals surface area (Å²) in [6, 6.07) is 0. The van der Waals surface area contributed by atoms with Gasteiger partial charge in [0.1, 0.15) is 12.1 Å². The Hall–Kier alpha value is -1.74. The Bertz CT molecular complexity index is 2370. The van der Waals surface area contributed by atoms with Crippen LogP contribution in [0.2, 0.25) is 0 Å². The quantitative estimate of drug-likeness (QED) is 0.121. The van der Waals surface area contributed by atoms with E-state index < -0.39 is 16.7 Å². The molecule has 12 rings (SSSR count). The molecule has 12 aliphatic rings. The molecule has 0 radical (unpaired) electrons. The molecule has 11 fully saturated rings. The second-order valence-corrected chi connectivity index (χ2v) is 33.9. The molecule has 9 saturated carbocycles. The number of Topliss-reactive ketones (excluding diaryl/α,β-unsaturated/α-hetero) is 2. The van der Waals surface area contributed by atoms with Crippen LogP contribution in [0.25, 0.3) is 0 Å². The van der Waals surface area contributed by atoms with Crippen molar-refractivity contribution in [3.8, 4) is 0 Å². The fraction of sp³-hybridized carbons (Fsp3) is 0.917.